The minimum absolute atomic E-state index is 0.0351. The molecule has 0 aliphatic carbocycles. The second-order valence-corrected chi connectivity index (χ2v) is 10.3. The number of nitrogens with one attached hydrogen (secondary N) is 1. The lowest BCUT2D eigenvalue weighted by Gasteiger charge is -2.22. The van der Waals surface area contributed by atoms with Crippen LogP contribution in [0.1, 0.15) is 38.8 Å². The molecule has 2 aromatic rings. The summed E-state index contributed by atoms with van der Waals surface area (Å²) in [5, 5.41) is 16.9. The van der Waals surface area contributed by atoms with E-state index in [0.717, 1.165) is 13.0 Å². The Hall–Kier alpha value is -4.13. The van der Waals surface area contributed by atoms with Crippen molar-refractivity contribution in [3.63, 3.8) is 0 Å². The SMILES string of the molecule is CC.CN(C)CC(=O)NCCC1CC(c2ccc(-c3ccc(N4CC(CN5CCCN=N5)OC4=O)cc3F)cn2)=NO1. The van der Waals surface area contributed by atoms with Crippen molar-refractivity contribution in [2.45, 2.75) is 45.3 Å². The van der Waals surface area contributed by atoms with Gasteiger partial charge in [-0.3, -0.25) is 19.7 Å². The van der Waals surface area contributed by atoms with E-state index in [2.05, 4.69) is 25.8 Å². The van der Waals surface area contributed by atoms with Crippen LogP contribution in [0.15, 0.2) is 52.0 Å². The third-order valence-electron chi connectivity index (χ3n) is 6.77. The van der Waals surface area contributed by atoms with Crippen LogP contribution >= 0.6 is 0 Å². The van der Waals surface area contributed by atoms with E-state index in [4.69, 9.17) is 9.57 Å². The van der Waals surface area contributed by atoms with Crippen LogP contribution in [-0.4, -0.2) is 98.2 Å². The summed E-state index contributed by atoms with van der Waals surface area (Å²) < 4.78 is 20.6. The lowest BCUT2D eigenvalue weighted by molar-refractivity contribution is -0.121. The average molecular weight is 583 g/mol. The zero-order valence-corrected chi connectivity index (χ0v) is 24.6. The van der Waals surface area contributed by atoms with E-state index in [-0.39, 0.29) is 18.1 Å². The molecule has 42 heavy (non-hydrogen) atoms. The Morgan fingerprint density at radius 2 is 2.02 bits per heavy atom. The minimum atomic E-state index is -0.508. The summed E-state index contributed by atoms with van der Waals surface area (Å²) in [6.07, 6.45) is 2.71. The van der Waals surface area contributed by atoms with Gasteiger partial charge in [0, 0.05) is 43.3 Å². The Balaban J connectivity index is 0.00000198. The highest BCUT2D eigenvalue weighted by molar-refractivity contribution is 5.99. The molecule has 2 amide bonds. The summed E-state index contributed by atoms with van der Waals surface area (Å²) in [7, 11) is 3.68. The predicted octanol–water partition coefficient (Wildman–Crippen LogP) is 3.87. The second-order valence-electron chi connectivity index (χ2n) is 10.3. The van der Waals surface area contributed by atoms with E-state index in [1.54, 1.807) is 35.5 Å². The lowest BCUT2D eigenvalue weighted by atomic mass is 10.0. The van der Waals surface area contributed by atoms with Gasteiger partial charge in [-0.2, -0.15) is 5.11 Å². The van der Waals surface area contributed by atoms with E-state index in [1.807, 2.05) is 32.8 Å². The van der Waals surface area contributed by atoms with Crippen molar-refractivity contribution in [2.75, 3.05) is 58.3 Å². The van der Waals surface area contributed by atoms with Crippen molar-refractivity contribution in [3.05, 3.63) is 48.0 Å². The highest BCUT2D eigenvalue weighted by Crippen LogP contribution is 2.29. The van der Waals surface area contributed by atoms with Crippen molar-refractivity contribution in [2.24, 2.45) is 15.5 Å². The fourth-order valence-electron chi connectivity index (χ4n) is 4.77. The molecule has 0 radical (unpaired) electrons. The van der Waals surface area contributed by atoms with Gasteiger partial charge in [-0.1, -0.05) is 30.3 Å². The highest BCUT2D eigenvalue weighted by Gasteiger charge is 2.34. The summed E-state index contributed by atoms with van der Waals surface area (Å²) in [5.41, 5.74) is 2.76. The smallest absolute Gasteiger partial charge is 0.414 e. The predicted molar refractivity (Wildman–Crippen MR) is 157 cm³/mol. The number of nitrogens with zero attached hydrogens (tertiary/aromatic N) is 7. The number of hydrogen-bond donors (Lipinski definition) is 1. The van der Waals surface area contributed by atoms with Gasteiger partial charge in [-0.25, -0.2) is 9.18 Å². The Morgan fingerprint density at radius 1 is 1.19 bits per heavy atom. The first kappa shape index (κ1) is 30.8. The van der Waals surface area contributed by atoms with Crippen molar-refractivity contribution < 1.29 is 23.6 Å². The number of halogens is 1. The molecule has 2 atom stereocenters. The van der Waals surface area contributed by atoms with Gasteiger partial charge >= 0.3 is 6.09 Å². The Morgan fingerprint density at radius 3 is 2.71 bits per heavy atom. The van der Waals surface area contributed by atoms with Crippen LogP contribution in [-0.2, 0) is 14.4 Å². The normalized spacial score (nSPS) is 19.7. The number of rotatable bonds is 10. The van der Waals surface area contributed by atoms with Crippen molar-refractivity contribution >= 4 is 23.4 Å². The number of carbonyl (C=O) groups excluding carboxylic acids is 2. The van der Waals surface area contributed by atoms with Crippen LogP contribution in [0.25, 0.3) is 11.1 Å². The lowest BCUT2D eigenvalue weighted by Crippen LogP contribution is -2.34. The molecule has 0 bridgehead atoms. The monoisotopic (exact) mass is 582 g/mol. The molecule has 12 nitrogen and oxygen atoms in total. The van der Waals surface area contributed by atoms with Crippen LogP contribution < -0.4 is 10.2 Å². The molecular weight excluding hydrogens is 543 g/mol. The maximum atomic E-state index is 15.2. The van der Waals surface area contributed by atoms with E-state index in [1.165, 1.54) is 11.0 Å². The van der Waals surface area contributed by atoms with Crippen LogP contribution in [0.5, 0.6) is 0 Å². The van der Waals surface area contributed by atoms with Gasteiger partial charge in [0.25, 0.3) is 0 Å². The van der Waals surface area contributed by atoms with Crippen molar-refractivity contribution in [1.82, 2.24) is 20.2 Å². The fourth-order valence-corrected chi connectivity index (χ4v) is 4.77. The number of likely N-dealkylation sites (N-methyl/N-ethyl adjacent to an activating group) is 1. The standard InChI is InChI=1S/C27H33FN8O4.C2H6/c1-34(2)17-26(37)29-10-8-20-13-25(32-40-20)24-7-4-18(14-30-24)22-6-5-19(12-23(22)28)36-16-21(39-27(36)38)15-35-11-3-9-31-33-35;1-2/h4-7,12,14,20-21H,3,8-11,13,15-17H2,1-2H3,(H,29,37);1-2H3. The number of aromatic nitrogens is 1. The number of carbonyl (C=O) groups is 2. The molecule has 0 saturated carbocycles. The number of ether oxygens (including phenoxy) is 1. The number of anilines is 1. The van der Waals surface area contributed by atoms with Crippen LogP contribution in [0.3, 0.4) is 0 Å². The molecule has 1 aromatic carbocycles. The number of oxime groups is 1. The van der Waals surface area contributed by atoms with Gasteiger partial charge in [0.05, 0.1) is 37.6 Å². The molecule has 3 aliphatic heterocycles. The fraction of sp³-hybridized carbons (Fsp3) is 0.517. The summed E-state index contributed by atoms with van der Waals surface area (Å²) in [6.45, 7) is 7.08. The Labute approximate surface area is 245 Å². The first-order valence-electron chi connectivity index (χ1n) is 14.4. The zero-order chi connectivity index (χ0) is 30.1. The first-order valence-corrected chi connectivity index (χ1v) is 14.4. The number of cyclic esters (lactones) is 1. The summed E-state index contributed by atoms with van der Waals surface area (Å²) in [4.78, 5) is 37.5. The molecule has 3 aliphatic rings. The number of benzene rings is 1. The van der Waals surface area contributed by atoms with Crippen molar-refractivity contribution in [3.8, 4) is 11.1 Å². The topological polar surface area (TPSA) is 124 Å². The van der Waals surface area contributed by atoms with Gasteiger partial charge < -0.3 is 19.8 Å². The molecule has 4 heterocycles. The minimum Gasteiger partial charge on any atom is -0.442 e. The first-order chi connectivity index (χ1) is 20.4. The molecule has 1 fully saturated rings. The van der Waals surface area contributed by atoms with E-state index in [0.29, 0.717) is 73.8 Å². The number of amides is 2. The maximum absolute atomic E-state index is 15.2. The largest absolute Gasteiger partial charge is 0.442 e. The third-order valence-corrected chi connectivity index (χ3v) is 6.77. The third kappa shape index (κ3) is 7.99. The van der Waals surface area contributed by atoms with Crippen molar-refractivity contribution in [1.29, 1.82) is 0 Å². The number of pyridine rings is 1. The summed E-state index contributed by atoms with van der Waals surface area (Å²) >= 11 is 0. The maximum Gasteiger partial charge on any atom is 0.414 e. The zero-order valence-electron chi connectivity index (χ0n) is 24.6. The molecular formula is C29H39FN8O4. The second kappa shape index (κ2) is 14.7. The quantitative estimate of drug-likeness (QED) is 0.451. The molecule has 5 rings (SSSR count). The Bertz CT molecular complexity index is 1290. The highest BCUT2D eigenvalue weighted by atomic mass is 19.1. The van der Waals surface area contributed by atoms with Crippen LogP contribution in [0.2, 0.25) is 0 Å². The molecule has 1 N–H and O–H groups in total. The molecule has 2 unspecified atom stereocenters. The van der Waals surface area contributed by atoms with Crippen LogP contribution in [0.4, 0.5) is 14.9 Å². The molecule has 226 valence electrons. The summed E-state index contributed by atoms with van der Waals surface area (Å²) in [5.74, 6) is -0.502. The average Bonchev–Trinajstić information content (AvgIpc) is 3.61. The summed E-state index contributed by atoms with van der Waals surface area (Å²) in [6, 6.07) is 8.24. The van der Waals surface area contributed by atoms with Crippen LogP contribution in [0, 0.1) is 5.82 Å². The van der Waals surface area contributed by atoms with Gasteiger partial charge in [-0.05, 0) is 44.8 Å². The molecule has 1 saturated heterocycles. The van der Waals surface area contributed by atoms with Gasteiger partial charge in [0.1, 0.15) is 23.7 Å². The Kier molecular flexibility index (Phi) is 10.8. The molecule has 1 aromatic heterocycles. The van der Waals surface area contributed by atoms with Gasteiger partial charge in [0.2, 0.25) is 5.91 Å². The van der Waals surface area contributed by atoms with Gasteiger partial charge in [-0.15, -0.1) is 0 Å². The van der Waals surface area contributed by atoms with E-state index in [9.17, 15) is 9.59 Å². The molecule has 13 heteroatoms. The van der Waals surface area contributed by atoms with E-state index >= 15 is 4.39 Å². The molecule has 0 spiro atoms. The number of hydrogen-bond acceptors (Lipinski definition) is 10. The van der Waals surface area contributed by atoms with Gasteiger partial charge in [0.15, 0.2) is 0 Å². The van der Waals surface area contributed by atoms with E-state index < -0.39 is 11.9 Å².